The Bertz CT molecular complexity index is 186. The van der Waals surface area contributed by atoms with Crippen molar-refractivity contribution in [2.45, 2.75) is 51.1 Å². The predicted octanol–water partition coefficient (Wildman–Crippen LogP) is 1.39. The first-order valence-corrected chi connectivity index (χ1v) is 5.58. The molecule has 0 aromatic heterocycles. The van der Waals surface area contributed by atoms with Crippen molar-refractivity contribution < 1.29 is 4.79 Å². The Labute approximate surface area is 86.9 Å². The zero-order valence-electron chi connectivity index (χ0n) is 9.55. The van der Waals surface area contributed by atoms with Gasteiger partial charge in [-0.15, -0.1) is 0 Å². The van der Waals surface area contributed by atoms with E-state index in [0.717, 1.165) is 12.8 Å². The molecular formula is C11H22N2O. The maximum atomic E-state index is 11.7. The molecule has 1 aliphatic carbocycles. The van der Waals surface area contributed by atoms with Crippen molar-refractivity contribution in [1.29, 1.82) is 0 Å². The van der Waals surface area contributed by atoms with Crippen LogP contribution in [0.15, 0.2) is 0 Å². The number of likely N-dealkylation sites (N-methyl/N-ethyl adjacent to an activating group) is 1. The third-order valence-electron chi connectivity index (χ3n) is 3.11. The van der Waals surface area contributed by atoms with Gasteiger partial charge in [-0.1, -0.05) is 19.3 Å². The van der Waals surface area contributed by atoms with E-state index in [1.54, 1.807) is 0 Å². The van der Waals surface area contributed by atoms with Crippen LogP contribution in [0.25, 0.3) is 0 Å². The van der Waals surface area contributed by atoms with E-state index < -0.39 is 0 Å². The summed E-state index contributed by atoms with van der Waals surface area (Å²) in [5, 5.41) is 3.12. The van der Waals surface area contributed by atoms with E-state index in [4.69, 9.17) is 0 Å². The highest BCUT2D eigenvalue weighted by molar-refractivity contribution is 5.81. The summed E-state index contributed by atoms with van der Waals surface area (Å²) in [6.45, 7) is 1.94. The normalized spacial score (nSPS) is 20.9. The molecular weight excluding hydrogens is 176 g/mol. The van der Waals surface area contributed by atoms with Gasteiger partial charge in [0.2, 0.25) is 5.91 Å². The molecule has 82 valence electrons. The van der Waals surface area contributed by atoms with E-state index in [0.29, 0.717) is 6.04 Å². The number of carbonyl (C=O) groups excluding carboxylic acids is 1. The Kier molecular flexibility index (Phi) is 4.39. The van der Waals surface area contributed by atoms with Gasteiger partial charge in [-0.3, -0.25) is 9.69 Å². The highest BCUT2D eigenvalue weighted by Gasteiger charge is 2.20. The molecule has 0 aliphatic heterocycles. The second kappa shape index (κ2) is 5.35. The minimum absolute atomic E-state index is 0.0167. The lowest BCUT2D eigenvalue weighted by Gasteiger charge is -2.26. The van der Waals surface area contributed by atoms with Gasteiger partial charge in [0, 0.05) is 6.04 Å². The molecule has 1 fully saturated rings. The summed E-state index contributed by atoms with van der Waals surface area (Å²) >= 11 is 0. The lowest BCUT2D eigenvalue weighted by molar-refractivity contribution is -0.125. The molecule has 3 heteroatoms. The topological polar surface area (TPSA) is 32.3 Å². The third kappa shape index (κ3) is 3.29. The Morgan fingerprint density at radius 3 is 2.36 bits per heavy atom. The number of carbonyl (C=O) groups is 1. The van der Waals surface area contributed by atoms with Crippen LogP contribution in [-0.2, 0) is 4.79 Å². The van der Waals surface area contributed by atoms with E-state index in [9.17, 15) is 4.79 Å². The first-order valence-electron chi connectivity index (χ1n) is 5.58. The minimum atomic E-state index is -0.0167. The van der Waals surface area contributed by atoms with Gasteiger partial charge in [0.05, 0.1) is 6.04 Å². The van der Waals surface area contributed by atoms with Gasteiger partial charge in [-0.25, -0.2) is 0 Å². The number of hydrogen-bond donors (Lipinski definition) is 1. The summed E-state index contributed by atoms with van der Waals surface area (Å²) in [6, 6.07) is 0.413. The van der Waals surface area contributed by atoms with E-state index in [-0.39, 0.29) is 11.9 Å². The third-order valence-corrected chi connectivity index (χ3v) is 3.11. The molecule has 0 heterocycles. The summed E-state index contributed by atoms with van der Waals surface area (Å²) in [7, 11) is 3.87. The quantitative estimate of drug-likeness (QED) is 0.743. The van der Waals surface area contributed by atoms with Crippen LogP contribution < -0.4 is 5.32 Å². The number of nitrogens with one attached hydrogen (secondary N) is 1. The fourth-order valence-corrected chi connectivity index (χ4v) is 1.80. The van der Waals surface area contributed by atoms with Crippen LogP contribution in [0.3, 0.4) is 0 Å². The molecule has 1 saturated carbocycles. The lowest BCUT2D eigenvalue weighted by atomic mass is 9.95. The van der Waals surface area contributed by atoms with Crippen molar-refractivity contribution in [2.75, 3.05) is 14.1 Å². The van der Waals surface area contributed by atoms with Crippen LogP contribution in [0.4, 0.5) is 0 Å². The van der Waals surface area contributed by atoms with Gasteiger partial charge in [0.15, 0.2) is 0 Å². The number of amides is 1. The molecule has 0 spiro atoms. The second-order valence-corrected chi connectivity index (χ2v) is 4.48. The number of nitrogens with zero attached hydrogens (tertiary/aromatic N) is 1. The van der Waals surface area contributed by atoms with E-state index >= 15 is 0 Å². The molecule has 1 aliphatic rings. The molecule has 1 rings (SSSR count). The molecule has 1 unspecified atom stereocenters. The second-order valence-electron chi connectivity index (χ2n) is 4.48. The maximum Gasteiger partial charge on any atom is 0.237 e. The van der Waals surface area contributed by atoms with Crippen LogP contribution in [0, 0.1) is 0 Å². The molecule has 0 radical (unpaired) electrons. The van der Waals surface area contributed by atoms with Gasteiger partial charge in [0.1, 0.15) is 0 Å². The van der Waals surface area contributed by atoms with Crippen LogP contribution in [0.1, 0.15) is 39.0 Å². The van der Waals surface area contributed by atoms with Crippen molar-refractivity contribution in [3.05, 3.63) is 0 Å². The molecule has 0 bridgehead atoms. The molecule has 1 N–H and O–H groups in total. The van der Waals surface area contributed by atoms with Crippen LogP contribution in [0.2, 0.25) is 0 Å². The Hall–Kier alpha value is -0.570. The zero-order valence-corrected chi connectivity index (χ0v) is 9.55. The van der Waals surface area contributed by atoms with Gasteiger partial charge in [0.25, 0.3) is 0 Å². The Morgan fingerprint density at radius 1 is 1.29 bits per heavy atom. The smallest absolute Gasteiger partial charge is 0.237 e. The van der Waals surface area contributed by atoms with E-state index in [1.165, 1.54) is 19.3 Å². The van der Waals surface area contributed by atoms with Crippen molar-refractivity contribution in [3.63, 3.8) is 0 Å². The number of rotatable bonds is 3. The monoisotopic (exact) mass is 198 g/mol. The predicted molar refractivity (Wildman–Crippen MR) is 58.2 cm³/mol. The standard InChI is InChI=1S/C11H22N2O/c1-9(13(2)3)11(14)12-10-7-5-4-6-8-10/h9-10H,4-8H2,1-3H3,(H,12,14). The molecule has 14 heavy (non-hydrogen) atoms. The van der Waals surface area contributed by atoms with Crippen molar-refractivity contribution in [1.82, 2.24) is 10.2 Å². The highest BCUT2D eigenvalue weighted by atomic mass is 16.2. The van der Waals surface area contributed by atoms with E-state index in [1.807, 2.05) is 25.9 Å². The maximum absolute atomic E-state index is 11.7. The average molecular weight is 198 g/mol. The van der Waals surface area contributed by atoms with Crippen LogP contribution >= 0.6 is 0 Å². The highest BCUT2D eigenvalue weighted by Crippen LogP contribution is 2.17. The Balaban J connectivity index is 2.31. The molecule has 1 amide bonds. The largest absolute Gasteiger partial charge is 0.352 e. The summed E-state index contributed by atoms with van der Waals surface area (Å²) in [6.07, 6.45) is 6.18. The van der Waals surface area contributed by atoms with Crippen molar-refractivity contribution in [3.8, 4) is 0 Å². The summed E-state index contributed by atoms with van der Waals surface area (Å²) < 4.78 is 0. The van der Waals surface area contributed by atoms with Crippen molar-refractivity contribution >= 4 is 5.91 Å². The Morgan fingerprint density at radius 2 is 1.86 bits per heavy atom. The van der Waals surface area contributed by atoms with Gasteiger partial charge < -0.3 is 5.32 Å². The summed E-state index contributed by atoms with van der Waals surface area (Å²) in [5.41, 5.74) is 0. The first kappa shape index (κ1) is 11.5. The molecule has 3 nitrogen and oxygen atoms in total. The van der Waals surface area contributed by atoms with Crippen molar-refractivity contribution in [2.24, 2.45) is 0 Å². The zero-order chi connectivity index (χ0) is 10.6. The first-order chi connectivity index (χ1) is 6.61. The fraction of sp³-hybridized carbons (Fsp3) is 0.909. The van der Waals surface area contributed by atoms with Crippen LogP contribution in [0.5, 0.6) is 0 Å². The van der Waals surface area contributed by atoms with Crippen LogP contribution in [-0.4, -0.2) is 37.0 Å². The average Bonchev–Trinajstić information content (AvgIpc) is 2.18. The van der Waals surface area contributed by atoms with Gasteiger partial charge in [-0.2, -0.15) is 0 Å². The molecule has 0 saturated heterocycles. The summed E-state index contributed by atoms with van der Waals surface area (Å²) in [5.74, 6) is 0.168. The van der Waals surface area contributed by atoms with Gasteiger partial charge >= 0.3 is 0 Å². The fourth-order valence-electron chi connectivity index (χ4n) is 1.80. The lowest BCUT2D eigenvalue weighted by Crippen LogP contribution is -2.46. The summed E-state index contributed by atoms with van der Waals surface area (Å²) in [4.78, 5) is 13.6. The van der Waals surface area contributed by atoms with Gasteiger partial charge in [-0.05, 0) is 33.9 Å². The SMILES string of the molecule is CC(C(=O)NC1CCCCC1)N(C)C. The van der Waals surface area contributed by atoms with E-state index in [2.05, 4.69) is 5.32 Å². The molecule has 1 atom stereocenters. The minimum Gasteiger partial charge on any atom is -0.352 e. The molecule has 0 aromatic carbocycles. The molecule has 0 aromatic rings. The number of hydrogen-bond acceptors (Lipinski definition) is 2.